The molecule has 0 radical (unpaired) electrons. The first-order chi connectivity index (χ1) is 7.88. The van der Waals surface area contributed by atoms with Crippen molar-refractivity contribution in [2.75, 3.05) is 0 Å². The molecule has 1 aromatic rings. The van der Waals surface area contributed by atoms with E-state index < -0.39 is 23.5 Å². The van der Waals surface area contributed by atoms with Gasteiger partial charge in [-0.3, -0.25) is 4.79 Å². The summed E-state index contributed by atoms with van der Waals surface area (Å²) in [5.74, 6) is -1.63. The summed E-state index contributed by atoms with van der Waals surface area (Å²) in [5, 5.41) is 11.7. The van der Waals surface area contributed by atoms with Crippen molar-refractivity contribution >= 4 is 11.9 Å². The molecule has 17 heavy (non-hydrogen) atoms. The van der Waals surface area contributed by atoms with E-state index >= 15 is 0 Å². The quantitative estimate of drug-likeness (QED) is 0.707. The lowest BCUT2D eigenvalue weighted by molar-refractivity contribution is -0.147. The van der Waals surface area contributed by atoms with Crippen molar-refractivity contribution in [2.45, 2.75) is 25.4 Å². The van der Waals surface area contributed by atoms with Crippen LogP contribution in [0.15, 0.2) is 30.3 Å². The van der Waals surface area contributed by atoms with Gasteiger partial charge in [0.05, 0.1) is 6.04 Å². The molecule has 1 aromatic carbocycles. The number of carbonyl (C=O) groups excluding carboxylic acids is 1. The molecule has 0 saturated heterocycles. The first-order valence-corrected chi connectivity index (χ1v) is 5.24. The number of hydrogen-bond acceptors (Lipinski definition) is 3. The SMILES string of the molecule is CC(N)C(=O)NC(C)(C(=O)O)c1ccccc1. The number of benzene rings is 1. The molecule has 1 rings (SSSR count). The average molecular weight is 236 g/mol. The normalized spacial score (nSPS) is 15.7. The highest BCUT2D eigenvalue weighted by molar-refractivity contribution is 5.89. The van der Waals surface area contributed by atoms with Crippen LogP contribution < -0.4 is 11.1 Å². The second-order valence-electron chi connectivity index (χ2n) is 4.07. The van der Waals surface area contributed by atoms with E-state index in [0.29, 0.717) is 5.56 Å². The molecule has 0 aromatic heterocycles. The smallest absolute Gasteiger partial charge is 0.333 e. The van der Waals surface area contributed by atoms with Crippen molar-refractivity contribution in [1.82, 2.24) is 5.32 Å². The molecular weight excluding hydrogens is 220 g/mol. The van der Waals surface area contributed by atoms with Crippen molar-refractivity contribution in [1.29, 1.82) is 0 Å². The minimum absolute atomic E-state index is 0.501. The van der Waals surface area contributed by atoms with Gasteiger partial charge in [0, 0.05) is 0 Å². The summed E-state index contributed by atoms with van der Waals surface area (Å²) in [6, 6.07) is 7.75. The van der Waals surface area contributed by atoms with Gasteiger partial charge in [-0.1, -0.05) is 30.3 Å². The fraction of sp³-hybridized carbons (Fsp3) is 0.333. The number of amides is 1. The molecule has 0 spiro atoms. The Labute approximate surface area is 99.6 Å². The van der Waals surface area contributed by atoms with Crippen LogP contribution in [0.1, 0.15) is 19.4 Å². The Hall–Kier alpha value is -1.88. The predicted molar refractivity (Wildman–Crippen MR) is 63.2 cm³/mol. The van der Waals surface area contributed by atoms with Gasteiger partial charge in [-0.25, -0.2) is 4.79 Å². The third-order valence-electron chi connectivity index (χ3n) is 2.57. The van der Waals surface area contributed by atoms with Gasteiger partial charge < -0.3 is 16.2 Å². The van der Waals surface area contributed by atoms with Gasteiger partial charge in [0.25, 0.3) is 0 Å². The van der Waals surface area contributed by atoms with Crippen molar-refractivity contribution in [2.24, 2.45) is 5.73 Å². The van der Waals surface area contributed by atoms with Gasteiger partial charge in [0.2, 0.25) is 5.91 Å². The Bertz CT molecular complexity index is 417. The molecule has 1 amide bonds. The fourth-order valence-electron chi connectivity index (χ4n) is 1.38. The predicted octanol–water partition coefficient (Wildman–Crippen LogP) is 0.450. The van der Waals surface area contributed by atoms with E-state index in [4.69, 9.17) is 5.73 Å². The van der Waals surface area contributed by atoms with Crippen LogP contribution in [0.4, 0.5) is 0 Å². The van der Waals surface area contributed by atoms with Gasteiger partial charge in [-0.2, -0.15) is 0 Å². The number of carbonyl (C=O) groups is 2. The Balaban J connectivity index is 3.07. The topological polar surface area (TPSA) is 92.4 Å². The Morgan fingerprint density at radius 2 is 1.88 bits per heavy atom. The number of carboxylic acids is 1. The van der Waals surface area contributed by atoms with Gasteiger partial charge in [0.1, 0.15) is 0 Å². The monoisotopic (exact) mass is 236 g/mol. The summed E-state index contributed by atoms with van der Waals surface area (Å²) in [7, 11) is 0. The van der Waals surface area contributed by atoms with Crippen LogP contribution in [0.5, 0.6) is 0 Å². The van der Waals surface area contributed by atoms with Crippen LogP contribution in [0, 0.1) is 0 Å². The zero-order chi connectivity index (χ0) is 13.1. The fourth-order valence-corrected chi connectivity index (χ4v) is 1.38. The van der Waals surface area contributed by atoms with Crippen LogP contribution in [0.3, 0.4) is 0 Å². The lowest BCUT2D eigenvalue weighted by atomic mass is 9.92. The maximum atomic E-state index is 11.5. The molecule has 0 heterocycles. The minimum atomic E-state index is -1.47. The minimum Gasteiger partial charge on any atom is -0.479 e. The molecule has 0 aliphatic rings. The molecule has 0 bridgehead atoms. The largest absolute Gasteiger partial charge is 0.479 e. The molecule has 4 N–H and O–H groups in total. The number of aliphatic carboxylic acids is 1. The van der Waals surface area contributed by atoms with Crippen LogP contribution in [-0.4, -0.2) is 23.0 Å². The molecule has 0 saturated carbocycles. The maximum absolute atomic E-state index is 11.5. The highest BCUT2D eigenvalue weighted by Gasteiger charge is 2.37. The Morgan fingerprint density at radius 1 is 1.35 bits per heavy atom. The van der Waals surface area contributed by atoms with Gasteiger partial charge >= 0.3 is 5.97 Å². The Morgan fingerprint density at radius 3 is 2.29 bits per heavy atom. The van der Waals surface area contributed by atoms with E-state index in [0.717, 1.165) is 0 Å². The van der Waals surface area contributed by atoms with E-state index in [1.54, 1.807) is 30.3 Å². The van der Waals surface area contributed by atoms with Crippen molar-refractivity contribution in [3.05, 3.63) is 35.9 Å². The summed E-state index contributed by atoms with van der Waals surface area (Å²) in [6.07, 6.45) is 0. The van der Waals surface area contributed by atoms with Gasteiger partial charge in [-0.15, -0.1) is 0 Å². The van der Waals surface area contributed by atoms with E-state index in [9.17, 15) is 14.7 Å². The lowest BCUT2D eigenvalue weighted by Crippen LogP contribution is -2.53. The van der Waals surface area contributed by atoms with Crippen molar-refractivity contribution < 1.29 is 14.7 Å². The summed E-state index contributed by atoms with van der Waals surface area (Å²) in [4.78, 5) is 22.9. The molecule has 5 heteroatoms. The Kier molecular flexibility index (Phi) is 3.85. The molecule has 92 valence electrons. The highest BCUT2D eigenvalue weighted by atomic mass is 16.4. The van der Waals surface area contributed by atoms with Gasteiger partial charge in [0.15, 0.2) is 5.54 Å². The number of nitrogens with one attached hydrogen (secondary N) is 1. The van der Waals surface area contributed by atoms with Crippen molar-refractivity contribution in [3.8, 4) is 0 Å². The second-order valence-corrected chi connectivity index (χ2v) is 4.07. The van der Waals surface area contributed by atoms with Gasteiger partial charge in [-0.05, 0) is 19.4 Å². The van der Waals surface area contributed by atoms with E-state index in [1.807, 2.05) is 0 Å². The molecule has 2 unspecified atom stereocenters. The molecular formula is C12H16N2O3. The van der Waals surface area contributed by atoms with Crippen LogP contribution in [0.2, 0.25) is 0 Å². The first-order valence-electron chi connectivity index (χ1n) is 5.24. The van der Waals surface area contributed by atoms with E-state index in [2.05, 4.69) is 5.32 Å². The first kappa shape index (κ1) is 13.2. The third-order valence-corrected chi connectivity index (χ3v) is 2.57. The summed E-state index contributed by atoms with van der Waals surface area (Å²) in [5.41, 5.74) is 4.45. The molecule has 2 atom stereocenters. The molecule has 5 nitrogen and oxygen atoms in total. The summed E-state index contributed by atoms with van der Waals surface area (Å²) >= 11 is 0. The highest BCUT2D eigenvalue weighted by Crippen LogP contribution is 2.20. The lowest BCUT2D eigenvalue weighted by Gasteiger charge is -2.27. The van der Waals surface area contributed by atoms with Crippen LogP contribution in [0.25, 0.3) is 0 Å². The average Bonchev–Trinajstić information content (AvgIpc) is 2.29. The standard InChI is InChI=1S/C12H16N2O3/c1-8(13)10(15)14-12(2,11(16)17)9-6-4-3-5-7-9/h3-8H,13H2,1-2H3,(H,14,15)(H,16,17). The number of nitrogens with two attached hydrogens (primary N) is 1. The molecule has 0 fully saturated rings. The molecule has 0 aliphatic carbocycles. The number of hydrogen-bond donors (Lipinski definition) is 3. The number of rotatable bonds is 4. The summed E-state index contributed by atoms with van der Waals surface area (Å²) in [6.45, 7) is 2.94. The van der Waals surface area contributed by atoms with Crippen LogP contribution in [-0.2, 0) is 15.1 Å². The maximum Gasteiger partial charge on any atom is 0.333 e. The third kappa shape index (κ3) is 2.82. The van der Waals surface area contributed by atoms with E-state index in [-0.39, 0.29) is 0 Å². The molecule has 0 aliphatic heterocycles. The van der Waals surface area contributed by atoms with Crippen LogP contribution >= 0.6 is 0 Å². The van der Waals surface area contributed by atoms with Crippen molar-refractivity contribution in [3.63, 3.8) is 0 Å². The zero-order valence-electron chi connectivity index (χ0n) is 9.81. The number of carboxylic acid groups (broad SMARTS) is 1. The summed E-state index contributed by atoms with van der Waals surface area (Å²) < 4.78 is 0. The zero-order valence-corrected chi connectivity index (χ0v) is 9.81. The van der Waals surface area contributed by atoms with E-state index in [1.165, 1.54) is 13.8 Å². The second kappa shape index (κ2) is 4.97.